The van der Waals surface area contributed by atoms with E-state index in [2.05, 4.69) is 0 Å². The number of methoxy groups -OCH3 is 1. The maximum atomic E-state index is 10.7. The lowest BCUT2D eigenvalue weighted by Crippen LogP contribution is -2.34. The topological polar surface area (TPSA) is 75.8 Å². The first kappa shape index (κ1) is 12.3. The number of hydrogen-bond donors (Lipinski definition) is 2. The van der Waals surface area contributed by atoms with Gasteiger partial charge in [-0.15, -0.1) is 0 Å². The van der Waals surface area contributed by atoms with E-state index in [-0.39, 0.29) is 6.54 Å². The van der Waals surface area contributed by atoms with Crippen LogP contribution in [0.3, 0.4) is 0 Å². The van der Waals surface area contributed by atoms with Crippen LogP contribution in [0.1, 0.15) is 0 Å². The van der Waals surface area contributed by atoms with Crippen molar-refractivity contribution in [2.45, 2.75) is 0 Å². The van der Waals surface area contributed by atoms with E-state index in [0.717, 1.165) is 5.69 Å². The Kier molecular flexibility index (Phi) is 4.60. The summed E-state index contributed by atoms with van der Waals surface area (Å²) in [6.07, 6.45) is 0. The molecule has 5 nitrogen and oxygen atoms in total. The second kappa shape index (κ2) is 5.97. The van der Waals surface area contributed by atoms with Crippen LogP contribution in [0, 0.1) is 0 Å². The number of nitrogens with zero attached hydrogens (tertiary/aromatic N) is 1. The van der Waals surface area contributed by atoms with Gasteiger partial charge in [0, 0.05) is 13.1 Å². The van der Waals surface area contributed by atoms with Crippen LogP contribution in [0.25, 0.3) is 0 Å². The molecule has 0 radical (unpaired) electrons. The fraction of sp³-hybridized carbons (Fsp3) is 0.364. The smallest absolute Gasteiger partial charge is 0.323 e. The van der Waals surface area contributed by atoms with E-state index in [1.54, 1.807) is 18.1 Å². The number of aliphatic carboxylic acids is 1. The zero-order chi connectivity index (χ0) is 12.0. The quantitative estimate of drug-likeness (QED) is 0.737. The lowest BCUT2D eigenvalue weighted by molar-refractivity contribution is -0.135. The molecule has 5 heteroatoms. The van der Waals surface area contributed by atoms with Gasteiger partial charge < -0.3 is 20.5 Å². The summed E-state index contributed by atoms with van der Waals surface area (Å²) < 4.78 is 5.18. The molecule has 0 atom stereocenters. The monoisotopic (exact) mass is 224 g/mol. The summed E-state index contributed by atoms with van der Waals surface area (Å²) in [7, 11) is 1.56. The van der Waals surface area contributed by atoms with Crippen LogP contribution in [0.2, 0.25) is 0 Å². The van der Waals surface area contributed by atoms with Gasteiger partial charge in [-0.05, 0) is 12.1 Å². The van der Waals surface area contributed by atoms with Crippen molar-refractivity contribution in [3.05, 3.63) is 24.3 Å². The predicted molar refractivity (Wildman–Crippen MR) is 61.9 cm³/mol. The van der Waals surface area contributed by atoms with Gasteiger partial charge in [0.1, 0.15) is 12.3 Å². The fourth-order valence-corrected chi connectivity index (χ4v) is 1.49. The van der Waals surface area contributed by atoms with E-state index >= 15 is 0 Å². The van der Waals surface area contributed by atoms with Gasteiger partial charge in [0.15, 0.2) is 0 Å². The van der Waals surface area contributed by atoms with E-state index in [1.807, 2.05) is 18.2 Å². The van der Waals surface area contributed by atoms with Gasteiger partial charge in [0.25, 0.3) is 0 Å². The Morgan fingerprint density at radius 2 is 2.19 bits per heavy atom. The number of carbonyl (C=O) groups is 1. The van der Waals surface area contributed by atoms with Gasteiger partial charge in [0.05, 0.1) is 12.8 Å². The van der Waals surface area contributed by atoms with Crippen LogP contribution in [0.4, 0.5) is 5.69 Å². The van der Waals surface area contributed by atoms with Crippen molar-refractivity contribution in [1.29, 1.82) is 0 Å². The number of rotatable bonds is 6. The third-order valence-corrected chi connectivity index (χ3v) is 2.15. The zero-order valence-electron chi connectivity index (χ0n) is 9.22. The van der Waals surface area contributed by atoms with Crippen LogP contribution in [0.5, 0.6) is 5.75 Å². The average Bonchev–Trinajstić information content (AvgIpc) is 2.28. The molecule has 1 aromatic carbocycles. The molecule has 0 aliphatic carbocycles. The Bertz CT molecular complexity index is 355. The molecule has 88 valence electrons. The summed E-state index contributed by atoms with van der Waals surface area (Å²) in [6, 6.07) is 7.28. The van der Waals surface area contributed by atoms with Crippen molar-refractivity contribution < 1.29 is 14.6 Å². The van der Waals surface area contributed by atoms with E-state index in [1.165, 1.54) is 0 Å². The Labute approximate surface area is 94.4 Å². The van der Waals surface area contributed by atoms with Crippen LogP contribution in [-0.2, 0) is 4.79 Å². The molecule has 3 N–H and O–H groups in total. The number of nitrogens with two attached hydrogens (primary N) is 1. The van der Waals surface area contributed by atoms with Crippen LogP contribution < -0.4 is 15.4 Å². The van der Waals surface area contributed by atoms with Crippen molar-refractivity contribution in [1.82, 2.24) is 0 Å². The van der Waals surface area contributed by atoms with Crippen LogP contribution in [0.15, 0.2) is 24.3 Å². The predicted octanol–water partition coefficient (Wildman–Crippen LogP) is 0.545. The van der Waals surface area contributed by atoms with Gasteiger partial charge in [-0.3, -0.25) is 4.79 Å². The van der Waals surface area contributed by atoms with Gasteiger partial charge in [0.2, 0.25) is 0 Å². The van der Waals surface area contributed by atoms with Crippen LogP contribution >= 0.6 is 0 Å². The third kappa shape index (κ3) is 3.13. The normalized spacial score (nSPS) is 9.88. The summed E-state index contributed by atoms with van der Waals surface area (Å²) in [6.45, 7) is 0.787. The Morgan fingerprint density at radius 1 is 1.50 bits per heavy atom. The number of benzene rings is 1. The first-order valence-electron chi connectivity index (χ1n) is 4.99. The van der Waals surface area contributed by atoms with Crippen molar-refractivity contribution >= 4 is 11.7 Å². The average molecular weight is 224 g/mol. The molecule has 0 aromatic heterocycles. The summed E-state index contributed by atoms with van der Waals surface area (Å²) in [5, 5.41) is 8.81. The summed E-state index contributed by atoms with van der Waals surface area (Å²) in [5.41, 5.74) is 6.21. The highest BCUT2D eigenvalue weighted by atomic mass is 16.5. The minimum absolute atomic E-state index is 0.0857. The summed E-state index contributed by atoms with van der Waals surface area (Å²) in [4.78, 5) is 12.4. The van der Waals surface area contributed by atoms with Crippen molar-refractivity contribution in [3.8, 4) is 5.75 Å². The van der Waals surface area contributed by atoms with E-state index < -0.39 is 5.97 Å². The van der Waals surface area contributed by atoms with Crippen molar-refractivity contribution in [2.75, 3.05) is 31.6 Å². The molecule has 16 heavy (non-hydrogen) atoms. The Hall–Kier alpha value is -1.75. The van der Waals surface area contributed by atoms with E-state index in [0.29, 0.717) is 18.8 Å². The number of ether oxygens (including phenoxy) is 1. The standard InChI is InChI=1S/C11H16N2O3/c1-16-10-5-3-2-4-9(10)13(7-6-12)8-11(14)15/h2-5H,6-8,12H2,1H3,(H,14,15). The lowest BCUT2D eigenvalue weighted by Gasteiger charge is -2.23. The van der Waals surface area contributed by atoms with Crippen LogP contribution in [-0.4, -0.2) is 37.8 Å². The maximum absolute atomic E-state index is 10.7. The molecule has 0 bridgehead atoms. The zero-order valence-corrected chi connectivity index (χ0v) is 9.22. The molecule has 1 aromatic rings. The van der Waals surface area contributed by atoms with Gasteiger partial charge in [-0.25, -0.2) is 0 Å². The molecule has 0 spiro atoms. The number of para-hydroxylation sites is 2. The molecule has 0 amide bonds. The highest BCUT2D eigenvalue weighted by molar-refractivity contribution is 5.75. The highest BCUT2D eigenvalue weighted by Crippen LogP contribution is 2.26. The Morgan fingerprint density at radius 3 is 2.75 bits per heavy atom. The van der Waals surface area contributed by atoms with E-state index in [4.69, 9.17) is 15.6 Å². The molecule has 0 unspecified atom stereocenters. The second-order valence-electron chi connectivity index (χ2n) is 3.28. The molecule has 0 aliphatic rings. The summed E-state index contributed by atoms with van der Waals surface area (Å²) >= 11 is 0. The lowest BCUT2D eigenvalue weighted by atomic mass is 10.2. The maximum Gasteiger partial charge on any atom is 0.323 e. The molecular formula is C11H16N2O3. The molecule has 0 saturated carbocycles. The molecule has 0 heterocycles. The molecule has 1 rings (SSSR count). The minimum Gasteiger partial charge on any atom is -0.495 e. The van der Waals surface area contributed by atoms with E-state index in [9.17, 15) is 4.79 Å². The number of carboxylic acids is 1. The third-order valence-electron chi connectivity index (χ3n) is 2.15. The first-order chi connectivity index (χ1) is 7.69. The van der Waals surface area contributed by atoms with Gasteiger partial charge in [-0.1, -0.05) is 12.1 Å². The van der Waals surface area contributed by atoms with Crippen molar-refractivity contribution in [3.63, 3.8) is 0 Å². The number of anilines is 1. The molecular weight excluding hydrogens is 208 g/mol. The Balaban J connectivity index is 2.94. The van der Waals surface area contributed by atoms with Crippen molar-refractivity contribution in [2.24, 2.45) is 5.73 Å². The SMILES string of the molecule is COc1ccccc1N(CCN)CC(=O)O. The minimum atomic E-state index is -0.889. The second-order valence-corrected chi connectivity index (χ2v) is 3.28. The largest absolute Gasteiger partial charge is 0.495 e. The molecule has 0 aliphatic heterocycles. The highest BCUT2D eigenvalue weighted by Gasteiger charge is 2.13. The van der Waals surface area contributed by atoms with Gasteiger partial charge >= 0.3 is 5.97 Å². The first-order valence-corrected chi connectivity index (χ1v) is 4.99. The fourth-order valence-electron chi connectivity index (χ4n) is 1.49. The number of hydrogen-bond acceptors (Lipinski definition) is 4. The summed E-state index contributed by atoms with van der Waals surface area (Å²) in [5.74, 6) is -0.239. The van der Waals surface area contributed by atoms with Gasteiger partial charge in [-0.2, -0.15) is 0 Å². The molecule has 0 saturated heterocycles. The molecule has 0 fully saturated rings. The number of carboxylic acid groups (broad SMARTS) is 1.